The Kier molecular flexibility index (Phi) is 3.50. The van der Waals surface area contributed by atoms with Crippen molar-refractivity contribution in [2.45, 2.75) is 0 Å². The van der Waals surface area contributed by atoms with Crippen molar-refractivity contribution >= 4 is 39.8 Å². The third kappa shape index (κ3) is 2.69. The van der Waals surface area contributed by atoms with E-state index in [0.717, 1.165) is 0 Å². The summed E-state index contributed by atoms with van der Waals surface area (Å²) in [6.45, 7) is 0. The zero-order valence-corrected chi connectivity index (χ0v) is 10.3. The standard InChI is InChI=1S/C9H8ClN5OS/c1-11-6-3-2-5(10)7(13-6)8(16)14-9-15-12-4-17-9/h2-4H,1H3,(H,11,13)(H,14,15,16). The van der Waals surface area contributed by atoms with Crippen LogP contribution in [0.2, 0.25) is 5.02 Å². The van der Waals surface area contributed by atoms with Crippen molar-refractivity contribution in [3.05, 3.63) is 28.4 Å². The molecule has 0 fully saturated rings. The number of pyridine rings is 1. The number of amides is 1. The highest BCUT2D eigenvalue weighted by Crippen LogP contribution is 2.18. The van der Waals surface area contributed by atoms with Gasteiger partial charge in [0.2, 0.25) is 5.13 Å². The van der Waals surface area contributed by atoms with E-state index in [1.54, 1.807) is 19.2 Å². The molecule has 2 aromatic rings. The summed E-state index contributed by atoms with van der Waals surface area (Å²) in [4.78, 5) is 15.9. The zero-order valence-electron chi connectivity index (χ0n) is 8.77. The van der Waals surface area contributed by atoms with Gasteiger partial charge in [0, 0.05) is 7.05 Å². The van der Waals surface area contributed by atoms with E-state index in [4.69, 9.17) is 11.6 Å². The molecule has 0 atom stereocenters. The number of nitrogens with zero attached hydrogens (tertiary/aromatic N) is 3. The first-order chi connectivity index (χ1) is 8.20. The number of carbonyl (C=O) groups excluding carboxylic acids is 1. The van der Waals surface area contributed by atoms with Gasteiger partial charge in [0.1, 0.15) is 17.0 Å². The molecule has 8 heteroatoms. The number of carbonyl (C=O) groups is 1. The van der Waals surface area contributed by atoms with Crippen LogP contribution in [0.1, 0.15) is 10.5 Å². The Morgan fingerprint density at radius 3 is 2.94 bits per heavy atom. The zero-order chi connectivity index (χ0) is 12.3. The summed E-state index contributed by atoms with van der Waals surface area (Å²) in [6, 6.07) is 3.29. The van der Waals surface area contributed by atoms with Crippen molar-refractivity contribution < 1.29 is 4.79 Å². The lowest BCUT2D eigenvalue weighted by molar-refractivity contribution is 0.102. The smallest absolute Gasteiger partial charge is 0.277 e. The van der Waals surface area contributed by atoms with Crippen LogP contribution in [0.15, 0.2) is 17.6 Å². The van der Waals surface area contributed by atoms with Crippen LogP contribution >= 0.6 is 22.9 Å². The van der Waals surface area contributed by atoms with Gasteiger partial charge in [-0.1, -0.05) is 22.9 Å². The number of rotatable bonds is 3. The first kappa shape index (κ1) is 11.7. The van der Waals surface area contributed by atoms with Gasteiger partial charge < -0.3 is 5.32 Å². The Balaban J connectivity index is 2.24. The number of halogens is 1. The fourth-order valence-corrected chi connectivity index (χ4v) is 1.76. The lowest BCUT2D eigenvalue weighted by Gasteiger charge is -2.05. The maximum atomic E-state index is 11.9. The number of hydrogen-bond donors (Lipinski definition) is 2. The molecule has 0 unspecified atom stereocenters. The van der Waals surface area contributed by atoms with Crippen LogP contribution in [0.4, 0.5) is 10.9 Å². The molecule has 2 N–H and O–H groups in total. The van der Waals surface area contributed by atoms with Crippen molar-refractivity contribution in [2.24, 2.45) is 0 Å². The van der Waals surface area contributed by atoms with E-state index in [1.807, 2.05) is 0 Å². The molecule has 6 nitrogen and oxygen atoms in total. The molecule has 1 amide bonds. The second kappa shape index (κ2) is 5.07. The molecule has 88 valence electrons. The first-order valence-electron chi connectivity index (χ1n) is 4.62. The van der Waals surface area contributed by atoms with Gasteiger partial charge in [-0.05, 0) is 12.1 Å². The second-order valence-electron chi connectivity index (χ2n) is 2.97. The maximum absolute atomic E-state index is 11.9. The molecule has 0 saturated carbocycles. The molecule has 0 aliphatic carbocycles. The first-order valence-corrected chi connectivity index (χ1v) is 5.88. The van der Waals surface area contributed by atoms with E-state index in [-0.39, 0.29) is 10.7 Å². The average Bonchev–Trinajstić information content (AvgIpc) is 2.82. The van der Waals surface area contributed by atoms with Crippen LogP contribution in [-0.2, 0) is 0 Å². The van der Waals surface area contributed by atoms with E-state index in [2.05, 4.69) is 25.8 Å². The van der Waals surface area contributed by atoms with Crippen molar-refractivity contribution in [1.29, 1.82) is 0 Å². The topological polar surface area (TPSA) is 79.8 Å². The molecule has 0 bridgehead atoms. The minimum atomic E-state index is -0.413. The summed E-state index contributed by atoms with van der Waals surface area (Å²) >= 11 is 7.13. The molecular formula is C9H8ClN5OS. The predicted molar refractivity (Wildman–Crippen MR) is 66.7 cm³/mol. The number of aromatic nitrogens is 3. The van der Waals surface area contributed by atoms with Gasteiger partial charge in [0.15, 0.2) is 0 Å². The lowest BCUT2D eigenvalue weighted by Crippen LogP contribution is -2.15. The van der Waals surface area contributed by atoms with Gasteiger partial charge in [-0.15, -0.1) is 10.2 Å². The summed E-state index contributed by atoms with van der Waals surface area (Å²) in [5, 5.41) is 13.4. The third-order valence-corrected chi connectivity index (χ3v) is 2.81. The molecular weight excluding hydrogens is 262 g/mol. The van der Waals surface area contributed by atoms with Crippen LogP contribution in [0, 0.1) is 0 Å². The van der Waals surface area contributed by atoms with Crippen molar-refractivity contribution in [3.8, 4) is 0 Å². The van der Waals surface area contributed by atoms with Crippen LogP contribution in [0.3, 0.4) is 0 Å². The normalized spacial score (nSPS) is 10.0. The molecule has 0 radical (unpaired) electrons. The van der Waals surface area contributed by atoms with E-state index in [9.17, 15) is 4.79 Å². The van der Waals surface area contributed by atoms with Crippen molar-refractivity contribution in [1.82, 2.24) is 15.2 Å². The van der Waals surface area contributed by atoms with Gasteiger partial charge >= 0.3 is 0 Å². The van der Waals surface area contributed by atoms with E-state index in [0.29, 0.717) is 10.9 Å². The van der Waals surface area contributed by atoms with Crippen LogP contribution in [0.25, 0.3) is 0 Å². The highest BCUT2D eigenvalue weighted by atomic mass is 35.5. The van der Waals surface area contributed by atoms with Crippen LogP contribution < -0.4 is 10.6 Å². The minimum absolute atomic E-state index is 0.147. The van der Waals surface area contributed by atoms with Crippen molar-refractivity contribution in [3.63, 3.8) is 0 Å². The largest absolute Gasteiger partial charge is 0.373 e. The van der Waals surface area contributed by atoms with Gasteiger partial charge in [0.05, 0.1) is 5.02 Å². The lowest BCUT2D eigenvalue weighted by atomic mass is 10.3. The predicted octanol–water partition coefficient (Wildman–Crippen LogP) is 1.88. The van der Waals surface area contributed by atoms with E-state index < -0.39 is 5.91 Å². The SMILES string of the molecule is CNc1ccc(Cl)c(C(=O)Nc2nncs2)n1. The summed E-state index contributed by atoms with van der Waals surface area (Å²) in [6.07, 6.45) is 0. The molecule has 0 aromatic carbocycles. The fourth-order valence-electron chi connectivity index (χ4n) is 1.12. The monoisotopic (exact) mass is 269 g/mol. The molecule has 2 rings (SSSR count). The molecule has 2 heterocycles. The van der Waals surface area contributed by atoms with Crippen molar-refractivity contribution in [2.75, 3.05) is 17.7 Å². The summed E-state index contributed by atoms with van der Waals surface area (Å²) in [5.74, 6) is 0.153. The van der Waals surface area contributed by atoms with E-state index in [1.165, 1.54) is 16.8 Å². The van der Waals surface area contributed by atoms with E-state index >= 15 is 0 Å². The quantitative estimate of drug-likeness (QED) is 0.889. The highest BCUT2D eigenvalue weighted by Gasteiger charge is 2.14. The highest BCUT2D eigenvalue weighted by molar-refractivity contribution is 7.13. The Morgan fingerprint density at radius 1 is 1.47 bits per heavy atom. The minimum Gasteiger partial charge on any atom is -0.373 e. The maximum Gasteiger partial charge on any atom is 0.277 e. The number of anilines is 2. The van der Waals surface area contributed by atoms with Crippen LogP contribution in [-0.4, -0.2) is 28.1 Å². The Labute approximate surface area is 106 Å². The number of nitrogens with one attached hydrogen (secondary N) is 2. The van der Waals surface area contributed by atoms with Gasteiger partial charge in [0.25, 0.3) is 5.91 Å². The Hall–Kier alpha value is -1.73. The molecule has 0 saturated heterocycles. The number of hydrogen-bond acceptors (Lipinski definition) is 6. The summed E-state index contributed by atoms with van der Waals surface area (Å²) in [5.41, 5.74) is 1.67. The molecule has 17 heavy (non-hydrogen) atoms. The average molecular weight is 270 g/mol. The second-order valence-corrected chi connectivity index (χ2v) is 4.22. The summed E-state index contributed by atoms with van der Waals surface area (Å²) < 4.78 is 0. The molecule has 0 aliphatic heterocycles. The fraction of sp³-hybridized carbons (Fsp3) is 0.111. The van der Waals surface area contributed by atoms with Crippen LogP contribution in [0.5, 0.6) is 0 Å². The Bertz CT molecular complexity index is 530. The Morgan fingerprint density at radius 2 is 2.29 bits per heavy atom. The molecule has 2 aromatic heterocycles. The van der Waals surface area contributed by atoms with Gasteiger partial charge in [-0.2, -0.15) is 0 Å². The summed E-state index contributed by atoms with van der Waals surface area (Å²) in [7, 11) is 1.71. The third-order valence-electron chi connectivity index (χ3n) is 1.90. The van der Waals surface area contributed by atoms with Gasteiger partial charge in [-0.25, -0.2) is 4.98 Å². The molecule has 0 aliphatic rings. The molecule has 0 spiro atoms. The van der Waals surface area contributed by atoms with Gasteiger partial charge in [-0.3, -0.25) is 10.1 Å².